The number of thiophene rings is 1. The third-order valence-corrected chi connectivity index (χ3v) is 7.03. The number of hydrogen-bond acceptors (Lipinski definition) is 5. The van der Waals surface area contributed by atoms with Crippen molar-refractivity contribution in [1.82, 2.24) is 9.97 Å². The van der Waals surface area contributed by atoms with Gasteiger partial charge in [-0.3, -0.25) is 0 Å². The zero-order valence-corrected chi connectivity index (χ0v) is 21.3. The number of rotatable bonds is 10. The van der Waals surface area contributed by atoms with Crippen LogP contribution in [-0.4, -0.2) is 35.1 Å². The normalized spacial score (nSPS) is 11.1. The molecule has 0 fully saturated rings. The van der Waals surface area contributed by atoms with E-state index in [-0.39, 0.29) is 11.9 Å². The molecule has 6 nitrogen and oxygen atoms in total. The third kappa shape index (κ3) is 4.64. The maximum Gasteiger partial charge on any atom is 0.355 e. The quantitative estimate of drug-likeness (QED) is 0.339. The number of aromatic nitrogens is 2. The highest BCUT2D eigenvalue weighted by Gasteiger charge is 2.25. The van der Waals surface area contributed by atoms with Crippen LogP contribution in [0, 0.1) is 0 Å². The number of hydrogen-bond donors (Lipinski definition) is 2. The van der Waals surface area contributed by atoms with E-state index in [0.29, 0.717) is 24.6 Å². The molecule has 0 aliphatic carbocycles. The van der Waals surface area contributed by atoms with Crippen molar-refractivity contribution in [3.63, 3.8) is 0 Å². The Hall–Kier alpha value is -2.80. The Morgan fingerprint density at radius 1 is 0.667 bits per heavy atom. The molecule has 3 aromatic rings. The maximum atomic E-state index is 12.5. The lowest BCUT2D eigenvalue weighted by Crippen LogP contribution is -2.07. The van der Waals surface area contributed by atoms with Gasteiger partial charge in [-0.2, -0.15) is 0 Å². The first-order valence-electron chi connectivity index (χ1n) is 11.9. The second kappa shape index (κ2) is 10.9. The van der Waals surface area contributed by atoms with Crippen LogP contribution in [0.1, 0.15) is 84.8 Å². The van der Waals surface area contributed by atoms with Crippen LogP contribution >= 0.6 is 11.3 Å². The summed E-state index contributed by atoms with van der Waals surface area (Å²) in [5, 5.41) is 0. The lowest BCUT2D eigenvalue weighted by Gasteiger charge is -2.04. The van der Waals surface area contributed by atoms with Crippen LogP contribution in [0.25, 0.3) is 21.1 Å². The molecule has 0 bridgehead atoms. The van der Waals surface area contributed by atoms with Crippen LogP contribution in [0.4, 0.5) is 0 Å². The Morgan fingerprint density at radius 3 is 1.33 bits per heavy atom. The van der Waals surface area contributed by atoms with E-state index < -0.39 is 0 Å². The van der Waals surface area contributed by atoms with E-state index in [9.17, 15) is 9.59 Å². The van der Waals surface area contributed by atoms with Gasteiger partial charge in [0.1, 0.15) is 11.4 Å². The molecule has 0 atom stereocenters. The summed E-state index contributed by atoms with van der Waals surface area (Å²) in [5.74, 6) is -0.618. The van der Waals surface area contributed by atoms with E-state index in [1.807, 2.05) is 13.8 Å². The van der Waals surface area contributed by atoms with Gasteiger partial charge in [0, 0.05) is 0 Å². The fourth-order valence-electron chi connectivity index (χ4n) is 4.50. The molecule has 0 radical (unpaired) electrons. The van der Waals surface area contributed by atoms with Crippen molar-refractivity contribution in [2.75, 3.05) is 13.2 Å². The fraction of sp³-hybridized carbons (Fsp3) is 0.462. The minimum atomic E-state index is -0.309. The van der Waals surface area contributed by atoms with Crippen molar-refractivity contribution < 1.29 is 19.1 Å². The summed E-state index contributed by atoms with van der Waals surface area (Å²) in [7, 11) is 0. The van der Waals surface area contributed by atoms with Crippen LogP contribution in [-0.2, 0) is 35.2 Å². The predicted octanol–water partition coefficient (Wildman–Crippen LogP) is 6.34. The van der Waals surface area contributed by atoms with E-state index in [1.54, 1.807) is 11.3 Å². The smallest absolute Gasteiger partial charge is 0.355 e. The van der Waals surface area contributed by atoms with E-state index in [1.165, 1.54) is 0 Å². The van der Waals surface area contributed by atoms with Crippen LogP contribution in [0.5, 0.6) is 0 Å². The second-order valence-corrected chi connectivity index (χ2v) is 8.77. The predicted molar refractivity (Wildman–Crippen MR) is 133 cm³/mol. The first-order chi connectivity index (χ1) is 15.9. The van der Waals surface area contributed by atoms with Gasteiger partial charge in [-0.25, -0.2) is 9.59 Å². The largest absolute Gasteiger partial charge is 0.461 e. The van der Waals surface area contributed by atoms with E-state index in [4.69, 9.17) is 9.47 Å². The lowest BCUT2D eigenvalue weighted by molar-refractivity contribution is 0.0509. The second-order valence-electron chi connectivity index (χ2n) is 7.68. The van der Waals surface area contributed by atoms with Gasteiger partial charge < -0.3 is 19.4 Å². The van der Waals surface area contributed by atoms with E-state index in [2.05, 4.69) is 49.8 Å². The SMILES string of the molecule is CCOC(=O)c1[nH]c(-c2ccc(-c3[nH]c(C(=O)OCC)c(CC)c3CC)s2)c(CC)c1CC. The first kappa shape index (κ1) is 24.8. The van der Waals surface area contributed by atoms with Gasteiger partial charge in [-0.05, 0) is 73.9 Å². The molecule has 0 aliphatic heterocycles. The molecule has 33 heavy (non-hydrogen) atoms. The van der Waals surface area contributed by atoms with Crippen molar-refractivity contribution in [2.45, 2.75) is 67.2 Å². The molecular formula is C26H34N2O4S. The number of H-pyrrole nitrogens is 2. The number of carbonyl (C=O) groups is 2. The average Bonchev–Trinajstić information content (AvgIpc) is 3.52. The minimum Gasteiger partial charge on any atom is -0.461 e. The van der Waals surface area contributed by atoms with Crippen molar-refractivity contribution in [3.05, 3.63) is 45.8 Å². The van der Waals surface area contributed by atoms with Crippen molar-refractivity contribution in [3.8, 4) is 21.1 Å². The number of carbonyl (C=O) groups excluding carboxylic acids is 2. The Morgan fingerprint density at radius 2 is 1.03 bits per heavy atom. The van der Waals surface area contributed by atoms with Gasteiger partial charge in [-0.15, -0.1) is 11.3 Å². The van der Waals surface area contributed by atoms with Gasteiger partial charge in [0.15, 0.2) is 0 Å². The van der Waals surface area contributed by atoms with Gasteiger partial charge in [0.05, 0.1) is 34.4 Å². The third-order valence-electron chi connectivity index (χ3n) is 5.91. The molecule has 3 heterocycles. The first-order valence-corrected chi connectivity index (χ1v) is 12.7. The molecule has 0 aromatic carbocycles. The maximum absolute atomic E-state index is 12.5. The number of ether oxygens (including phenoxy) is 2. The van der Waals surface area contributed by atoms with Crippen LogP contribution in [0.3, 0.4) is 0 Å². The molecule has 0 unspecified atom stereocenters. The molecule has 0 saturated heterocycles. The van der Waals surface area contributed by atoms with Crippen LogP contribution in [0.2, 0.25) is 0 Å². The molecule has 3 rings (SSSR count). The molecule has 0 spiro atoms. The Kier molecular flexibility index (Phi) is 8.19. The summed E-state index contributed by atoms with van der Waals surface area (Å²) in [5.41, 5.74) is 7.39. The molecule has 0 saturated carbocycles. The van der Waals surface area contributed by atoms with Crippen molar-refractivity contribution in [2.24, 2.45) is 0 Å². The summed E-state index contributed by atoms with van der Waals surface area (Å²) < 4.78 is 10.6. The Balaban J connectivity index is 2.10. The molecule has 0 aliphatic rings. The Labute approximate surface area is 199 Å². The monoisotopic (exact) mass is 470 g/mol. The summed E-state index contributed by atoms with van der Waals surface area (Å²) in [6, 6.07) is 4.16. The number of nitrogens with one attached hydrogen (secondary N) is 2. The molecule has 7 heteroatoms. The van der Waals surface area contributed by atoms with Gasteiger partial charge >= 0.3 is 11.9 Å². The summed E-state index contributed by atoms with van der Waals surface area (Å²) >= 11 is 1.65. The topological polar surface area (TPSA) is 84.2 Å². The highest BCUT2D eigenvalue weighted by atomic mass is 32.1. The number of esters is 2. The summed E-state index contributed by atoms with van der Waals surface area (Å²) in [6.07, 6.45) is 3.14. The standard InChI is InChI=1S/C26H34N2O4S/c1-7-15-17(9-3)23(25(29)31-11-5)27-21(15)19-13-14-20(33-19)22-16(8-2)18(10-4)24(28-22)26(30)32-12-6/h13-14,27-28H,7-12H2,1-6H3. The molecule has 0 amide bonds. The van der Waals surface area contributed by atoms with Gasteiger partial charge in [0.25, 0.3) is 0 Å². The highest BCUT2D eigenvalue weighted by Crippen LogP contribution is 2.40. The number of aromatic amines is 2. The van der Waals surface area contributed by atoms with Crippen LogP contribution in [0.15, 0.2) is 12.1 Å². The highest BCUT2D eigenvalue weighted by molar-refractivity contribution is 7.18. The zero-order valence-electron chi connectivity index (χ0n) is 20.4. The van der Waals surface area contributed by atoms with E-state index >= 15 is 0 Å². The molecular weight excluding hydrogens is 436 g/mol. The molecule has 2 N–H and O–H groups in total. The Bertz CT molecular complexity index is 1050. The van der Waals surface area contributed by atoms with Crippen molar-refractivity contribution >= 4 is 23.3 Å². The fourth-order valence-corrected chi connectivity index (χ4v) is 5.56. The van der Waals surface area contributed by atoms with Crippen molar-refractivity contribution in [1.29, 1.82) is 0 Å². The van der Waals surface area contributed by atoms with E-state index in [0.717, 1.165) is 69.1 Å². The zero-order chi connectivity index (χ0) is 24.1. The molecule has 3 aromatic heterocycles. The molecule has 178 valence electrons. The lowest BCUT2D eigenvalue weighted by atomic mass is 10.0. The summed E-state index contributed by atoms with van der Waals surface area (Å²) in [4.78, 5) is 33.9. The van der Waals surface area contributed by atoms with Gasteiger partial charge in [0.2, 0.25) is 0 Å². The minimum absolute atomic E-state index is 0.309. The average molecular weight is 471 g/mol. The van der Waals surface area contributed by atoms with Gasteiger partial charge in [-0.1, -0.05) is 27.7 Å². The summed E-state index contributed by atoms with van der Waals surface area (Å²) in [6.45, 7) is 12.6. The van der Waals surface area contributed by atoms with Crippen LogP contribution < -0.4 is 0 Å².